The molecule has 2 aromatic rings. The van der Waals surface area contributed by atoms with Crippen LogP contribution in [0.4, 0.5) is 0 Å². The summed E-state index contributed by atoms with van der Waals surface area (Å²) in [6, 6.07) is 2.76. The van der Waals surface area contributed by atoms with E-state index >= 15 is 0 Å². The summed E-state index contributed by atoms with van der Waals surface area (Å²) in [4.78, 5) is 14.6. The van der Waals surface area contributed by atoms with Gasteiger partial charge in [0.05, 0.1) is 18.2 Å². The Morgan fingerprint density at radius 3 is 2.94 bits per heavy atom. The zero-order valence-corrected chi connectivity index (χ0v) is 9.20. The van der Waals surface area contributed by atoms with Crippen molar-refractivity contribution in [3.8, 4) is 0 Å². The van der Waals surface area contributed by atoms with E-state index in [2.05, 4.69) is 4.98 Å². The molecule has 2 aromatic heterocycles. The minimum atomic E-state index is -1.16. The number of carboxylic acids is 1. The average molecular weight is 236 g/mol. The summed E-state index contributed by atoms with van der Waals surface area (Å²) in [5.74, 6) is -1.16. The molecule has 0 saturated heterocycles. The van der Waals surface area contributed by atoms with Crippen molar-refractivity contribution in [3.05, 3.63) is 41.9 Å². The summed E-state index contributed by atoms with van der Waals surface area (Å²) in [7, 11) is 0. The Hall–Kier alpha value is -2.08. The monoisotopic (exact) mass is 236 g/mol. The number of imidazole rings is 1. The Labute approximate surface area is 97.1 Å². The van der Waals surface area contributed by atoms with Crippen LogP contribution in [-0.2, 0) is 6.54 Å². The highest BCUT2D eigenvalue weighted by Crippen LogP contribution is 2.23. The van der Waals surface area contributed by atoms with Crippen LogP contribution in [0.15, 0.2) is 29.1 Å². The maximum Gasteiger partial charge on any atom is 0.371 e. The van der Waals surface area contributed by atoms with Crippen molar-refractivity contribution in [1.82, 2.24) is 9.55 Å². The first kappa shape index (κ1) is 11.4. The van der Waals surface area contributed by atoms with Gasteiger partial charge in [-0.25, -0.2) is 9.78 Å². The van der Waals surface area contributed by atoms with E-state index in [9.17, 15) is 9.90 Å². The molecule has 17 heavy (non-hydrogen) atoms. The summed E-state index contributed by atoms with van der Waals surface area (Å²) in [5, 5.41) is 18.8. The Bertz CT molecular complexity index is 529. The Morgan fingerprint density at radius 2 is 2.35 bits per heavy atom. The van der Waals surface area contributed by atoms with E-state index in [1.54, 1.807) is 10.9 Å². The molecule has 0 aliphatic carbocycles. The SMILES string of the molecule is CCn1cncc1C(O)c1ccc(C(=O)O)o1. The van der Waals surface area contributed by atoms with Crippen molar-refractivity contribution < 1.29 is 19.4 Å². The normalized spacial score (nSPS) is 12.6. The number of furan rings is 1. The summed E-state index contributed by atoms with van der Waals surface area (Å²) in [6.45, 7) is 2.58. The number of aliphatic hydroxyl groups excluding tert-OH is 1. The third-order valence-electron chi connectivity index (χ3n) is 2.47. The second-order valence-corrected chi connectivity index (χ2v) is 3.51. The highest BCUT2D eigenvalue weighted by Gasteiger charge is 2.20. The Morgan fingerprint density at radius 1 is 1.59 bits per heavy atom. The molecule has 2 N–H and O–H groups in total. The van der Waals surface area contributed by atoms with Gasteiger partial charge in [-0.15, -0.1) is 0 Å². The zero-order valence-electron chi connectivity index (χ0n) is 9.20. The number of aromatic nitrogens is 2. The fraction of sp³-hybridized carbons (Fsp3) is 0.273. The van der Waals surface area contributed by atoms with Gasteiger partial charge in [-0.05, 0) is 19.1 Å². The lowest BCUT2D eigenvalue weighted by atomic mass is 10.2. The second-order valence-electron chi connectivity index (χ2n) is 3.51. The van der Waals surface area contributed by atoms with Gasteiger partial charge < -0.3 is 19.2 Å². The molecule has 6 heteroatoms. The molecule has 0 spiro atoms. The first-order valence-electron chi connectivity index (χ1n) is 5.14. The van der Waals surface area contributed by atoms with Gasteiger partial charge in [-0.2, -0.15) is 0 Å². The highest BCUT2D eigenvalue weighted by atomic mass is 16.4. The second kappa shape index (κ2) is 4.42. The van der Waals surface area contributed by atoms with Crippen LogP contribution in [0.2, 0.25) is 0 Å². The molecule has 2 rings (SSSR count). The molecule has 0 aliphatic heterocycles. The number of aryl methyl sites for hydroxylation is 1. The van der Waals surface area contributed by atoms with Gasteiger partial charge in [0.2, 0.25) is 5.76 Å². The number of carboxylic acid groups (broad SMARTS) is 1. The number of hydrogen-bond acceptors (Lipinski definition) is 4. The van der Waals surface area contributed by atoms with Crippen LogP contribution < -0.4 is 0 Å². The van der Waals surface area contributed by atoms with E-state index < -0.39 is 12.1 Å². The van der Waals surface area contributed by atoms with E-state index in [1.165, 1.54) is 18.3 Å². The standard InChI is InChI=1S/C11H12N2O4/c1-2-13-6-12-5-7(13)10(14)8-3-4-9(17-8)11(15)16/h3-6,10,14H,2H2,1H3,(H,15,16). The van der Waals surface area contributed by atoms with Crippen LogP contribution >= 0.6 is 0 Å². The topological polar surface area (TPSA) is 88.5 Å². The highest BCUT2D eigenvalue weighted by molar-refractivity contribution is 5.84. The largest absolute Gasteiger partial charge is 0.475 e. The Kier molecular flexibility index (Phi) is 2.97. The predicted octanol–water partition coefficient (Wildman–Crippen LogP) is 1.28. The molecule has 0 aliphatic rings. The van der Waals surface area contributed by atoms with Gasteiger partial charge in [-0.1, -0.05) is 0 Å². The van der Waals surface area contributed by atoms with E-state index in [0.29, 0.717) is 12.2 Å². The van der Waals surface area contributed by atoms with E-state index in [4.69, 9.17) is 9.52 Å². The number of rotatable bonds is 4. The third-order valence-corrected chi connectivity index (χ3v) is 2.47. The van der Waals surface area contributed by atoms with Crippen LogP contribution in [0.5, 0.6) is 0 Å². The van der Waals surface area contributed by atoms with Crippen LogP contribution in [0.25, 0.3) is 0 Å². The maximum absolute atomic E-state index is 10.7. The van der Waals surface area contributed by atoms with Crippen LogP contribution in [-0.4, -0.2) is 25.7 Å². The van der Waals surface area contributed by atoms with Crippen LogP contribution in [0.1, 0.15) is 35.0 Å². The smallest absolute Gasteiger partial charge is 0.371 e. The van der Waals surface area contributed by atoms with Gasteiger partial charge in [0.25, 0.3) is 0 Å². The van der Waals surface area contributed by atoms with Gasteiger partial charge in [-0.3, -0.25) is 0 Å². The number of aromatic carboxylic acids is 1. The van der Waals surface area contributed by atoms with E-state index in [-0.39, 0.29) is 11.5 Å². The fourth-order valence-electron chi connectivity index (χ4n) is 1.58. The molecule has 0 radical (unpaired) electrons. The lowest BCUT2D eigenvalue weighted by molar-refractivity contribution is 0.0654. The molecule has 2 heterocycles. The number of nitrogens with zero attached hydrogens (tertiary/aromatic N) is 2. The minimum absolute atomic E-state index is 0.192. The zero-order chi connectivity index (χ0) is 12.4. The quantitative estimate of drug-likeness (QED) is 0.834. The summed E-state index contributed by atoms with van der Waals surface area (Å²) in [6.07, 6.45) is 2.11. The van der Waals surface area contributed by atoms with Crippen molar-refractivity contribution in [2.45, 2.75) is 19.6 Å². The van der Waals surface area contributed by atoms with Gasteiger partial charge in [0.1, 0.15) is 5.76 Å². The molecule has 1 unspecified atom stereocenters. The minimum Gasteiger partial charge on any atom is -0.475 e. The molecule has 0 saturated carbocycles. The summed E-state index contributed by atoms with van der Waals surface area (Å²) in [5.41, 5.74) is 0.568. The lowest BCUT2D eigenvalue weighted by Crippen LogP contribution is -2.06. The molecule has 0 bridgehead atoms. The average Bonchev–Trinajstić information content (AvgIpc) is 2.96. The predicted molar refractivity (Wildman–Crippen MR) is 57.6 cm³/mol. The first-order chi connectivity index (χ1) is 8.13. The van der Waals surface area contributed by atoms with Crippen molar-refractivity contribution in [2.24, 2.45) is 0 Å². The number of aliphatic hydroxyl groups is 1. The molecule has 0 fully saturated rings. The lowest BCUT2D eigenvalue weighted by Gasteiger charge is -2.09. The summed E-state index contributed by atoms with van der Waals surface area (Å²) < 4.78 is 6.80. The third kappa shape index (κ3) is 2.07. The first-order valence-corrected chi connectivity index (χ1v) is 5.14. The van der Waals surface area contributed by atoms with Crippen LogP contribution in [0.3, 0.4) is 0 Å². The molecule has 0 amide bonds. The van der Waals surface area contributed by atoms with Gasteiger partial charge in [0.15, 0.2) is 6.10 Å². The van der Waals surface area contributed by atoms with Crippen molar-refractivity contribution in [2.75, 3.05) is 0 Å². The van der Waals surface area contributed by atoms with Crippen molar-refractivity contribution in [1.29, 1.82) is 0 Å². The number of carbonyl (C=O) groups is 1. The molecule has 0 aromatic carbocycles. The van der Waals surface area contributed by atoms with Crippen LogP contribution in [0, 0.1) is 0 Å². The maximum atomic E-state index is 10.7. The molecular weight excluding hydrogens is 224 g/mol. The van der Waals surface area contributed by atoms with Crippen molar-refractivity contribution >= 4 is 5.97 Å². The van der Waals surface area contributed by atoms with E-state index in [1.807, 2.05) is 6.92 Å². The van der Waals surface area contributed by atoms with Gasteiger partial charge >= 0.3 is 5.97 Å². The Balaban J connectivity index is 2.30. The number of hydrogen-bond donors (Lipinski definition) is 2. The molecule has 90 valence electrons. The molecular formula is C11H12N2O4. The molecule has 6 nitrogen and oxygen atoms in total. The molecule has 1 atom stereocenters. The van der Waals surface area contributed by atoms with Crippen molar-refractivity contribution in [3.63, 3.8) is 0 Å². The van der Waals surface area contributed by atoms with Gasteiger partial charge in [0, 0.05) is 6.54 Å². The fourth-order valence-corrected chi connectivity index (χ4v) is 1.58. The summed E-state index contributed by atoms with van der Waals surface area (Å²) >= 11 is 0. The van der Waals surface area contributed by atoms with E-state index in [0.717, 1.165) is 0 Å².